The number of hydrogen-bond donors (Lipinski definition) is 2. The number of halogens is 1. The highest BCUT2D eigenvalue weighted by Gasteiger charge is 2.46. The number of benzene rings is 3. The highest BCUT2D eigenvalue weighted by atomic mass is 19.1. The van der Waals surface area contributed by atoms with Crippen LogP contribution in [0.3, 0.4) is 0 Å². The fourth-order valence-corrected chi connectivity index (χ4v) is 11.8. The molecule has 5 fully saturated rings. The molecule has 1 saturated carbocycles. The van der Waals surface area contributed by atoms with Gasteiger partial charge in [-0.25, -0.2) is 4.39 Å². The van der Waals surface area contributed by atoms with E-state index < -0.39 is 29.7 Å². The molecule has 69 heavy (non-hydrogen) atoms. The summed E-state index contributed by atoms with van der Waals surface area (Å²) in [5.74, 6) is -0.876. The summed E-state index contributed by atoms with van der Waals surface area (Å²) in [4.78, 5) is 92.5. The summed E-state index contributed by atoms with van der Waals surface area (Å²) in [7, 11) is 0. The van der Waals surface area contributed by atoms with Gasteiger partial charge < -0.3 is 19.9 Å². The van der Waals surface area contributed by atoms with E-state index in [0.29, 0.717) is 61.5 Å². The number of hydrogen-bond acceptors (Lipinski definition) is 11. The van der Waals surface area contributed by atoms with E-state index in [4.69, 9.17) is 4.74 Å². The lowest BCUT2D eigenvalue weighted by Crippen LogP contribution is -2.55. The van der Waals surface area contributed by atoms with Gasteiger partial charge in [-0.3, -0.25) is 53.8 Å². The number of rotatable bonds is 11. The van der Waals surface area contributed by atoms with Gasteiger partial charge in [-0.15, -0.1) is 0 Å². The Kier molecular flexibility index (Phi) is 13.5. The molecule has 0 bridgehead atoms. The SMILES string of the molecule is C[C@@H](C(=O)Nc1ccc(OC2CCN(C(=O)CN3CCC(N4CCN(c5cccc6c5C(=O)N(C5CCC(=O)NC5=O)C6=O)CC4)CC3)CC2)cc1)C1CCC(c2ccnc3ccc(F)cc23)CC1. The average molecular weight is 941 g/mol. The minimum absolute atomic E-state index is 0.00308. The van der Waals surface area contributed by atoms with Crippen molar-refractivity contribution in [1.82, 2.24) is 29.9 Å². The zero-order chi connectivity index (χ0) is 47.8. The maximum absolute atomic E-state index is 14.1. The molecule has 4 aromatic rings. The summed E-state index contributed by atoms with van der Waals surface area (Å²) in [6, 6.07) is 19.0. The van der Waals surface area contributed by atoms with Crippen molar-refractivity contribution in [3.8, 4) is 5.75 Å². The lowest BCUT2D eigenvalue weighted by atomic mass is 9.73. The van der Waals surface area contributed by atoms with Crippen molar-refractivity contribution in [2.45, 2.75) is 95.2 Å². The molecule has 10 rings (SSSR count). The van der Waals surface area contributed by atoms with E-state index in [1.165, 1.54) is 6.07 Å². The van der Waals surface area contributed by atoms with E-state index in [0.717, 1.165) is 110 Å². The molecular formula is C53H61FN8O7. The number of nitrogens with one attached hydrogen (secondary N) is 2. The number of carbonyl (C=O) groups is 6. The van der Waals surface area contributed by atoms with Crippen LogP contribution in [-0.2, 0) is 19.2 Å². The quantitative estimate of drug-likeness (QED) is 0.170. The van der Waals surface area contributed by atoms with Crippen LogP contribution in [-0.4, -0.2) is 137 Å². The number of carbonyl (C=O) groups excluding carboxylic acids is 6. The molecule has 15 nitrogen and oxygen atoms in total. The third-order valence-corrected chi connectivity index (χ3v) is 15.8. The molecule has 6 amide bonds. The fraction of sp³-hybridized carbons (Fsp3) is 0.491. The molecule has 2 N–H and O–H groups in total. The Balaban J connectivity index is 0.622. The van der Waals surface area contributed by atoms with Crippen molar-refractivity contribution < 1.29 is 37.9 Å². The summed E-state index contributed by atoms with van der Waals surface area (Å²) in [6.07, 6.45) is 9.23. The second-order valence-corrected chi connectivity index (χ2v) is 19.9. The van der Waals surface area contributed by atoms with E-state index in [-0.39, 0.29) is 48.4 Å². The van der Waals surface area contributed by atoms with Crippen molar-refractivity contribution in [2.75, 3.05) is 69.1 Å². The van der Waals surface area contributed by atoms with Crippen LogP contribution in [0.25, 0.3) is 10.9 Å². The van der Waals surface area contributed by atoms with Gasteiger partial charge in [0.05, 0.1) is 28.9 Å². The highest BCUT2D eigenvalue weighted by molar-refractivity contribution is 6.25. The van der Waals surface area contributed by atoms with Crippen LogP contribution in [0.5, 0.6) is 5.75 Å². The molecular weight excluding hydrogens is 880 g/mol. The largest absolute Gasteiger partial charge is 0.490 e. The van der Waals surface area contributed by atoms with E-state index in [9.17, 15) is 33.2 Å². The Bertz CT molecular complexity index is 2610. The van der Waals surface area contributed by atoms with Gasteiger partial charge in [0, 0.05) is 101 Å². The summed E-state index contributed by atoms with van der Waals surface area (Å²) in [5, 5.41) is 6.25. The van der Waals surface area contributed by atoms with Crippen molar-refractivity contribution in [3.05, 3.63) is 95.4 Å². The Morgan fingerprint density at radius 3 is 2.28 bits per heavy atom. The third-order valence-electron chi connectivity index (χ3n) is 15.8. The van der Waals surface area contributed by atoms with Crippen molar-refractivity contribution in [2.24, 2.45) is 11.8 Å². The monoisotopic (exact) mass is 940 g/mol. The lowest BCUT2D eigenvalue weighted by Gasteiger charge is -2.43. The van der Waals surface area contributed by atoms with E-state index in [2.05, 4.69) is 30.3 Å². The number of piperazine rings is 1. The van der Waals surface area contributed by atoms with Crippen LogP contribution < -0.4 is 20.3 Å². The van der Waals surface area contributed by atoms with Gasteiger partial charge in [0.15, 0.2) is 0 Å². The Morgan fingerprint density at radius 1 is 0.812 bits per heavy atom. The third kappa shape index (κ3) is 9.83. The molecule has 16 heteroatoms. The Labute approximate surface area is 401 Å². The van der Waals surface area contributed by atoms with Gasteiger partial charge in [-0.1, -0.05) is 13.0 Å². The van der Waals surface area contributed by atoms with Crippen molar-refractivity contribution >= 4 is 57.7 Å². The highest BCUT2D eigenvalue weighted by Crippen LogP contribution is 2.41. The van der Waals surface area contributed by atoms with Crippen LogP contribution in [0.2, 0.25) is 0 Å². The molecule has 6 heterocycles. The van der Waals surface area contributed by atoms with Gasteiger partial charge >= 0.3 is 0 Å². The zero-order valence-corrected chi connectivity index (χ0v) is 39.2. The fourth-order valence-electron chi connectivity index (χ4n) is 11.8. The van der Waals surface area contributed by atoms with Crippen molar-refractivity contribution in [1.29, 1.82) is 0 Å². The molecule has 2 atom stereocenters. The number of amides is 6. The zero-order valence-electron chi connectivity index (χ0n) is 39.2. The minimum atomic E-state index is -0.996. The number of imide groups is 2. The Morgan fingerprint density at radius 2 is 1.55 bits per heavy atom. The number of likely N-dealkylation sites (tertiary alicyclic amines) is 2. The first-order chi connectivity index (χ1) is 33.5. The average Bonchev–Trinajstić information content (AvgIpc) is 3.62. The van der Waals surface area contributed by atoms with Gasteiger partial charge in [-0.05, 0) is 123 Å². The number of piperidine rings is 3. The topological polar surface area (TPSA) is 165 Å². The predicted molar refractivity (Wildman–Crippen MR) is 257 cm³/mol. The second-order valence-electron chi connectivity index (χ2n) is 19.9. The Hall–Kier alpha value is -6.26. The number of pyridine rings is 1. The van der Waals surface area contributed by atoms with Crippen LogP contribution in [0.4, 0.5) is 15.8 Å². The number of nitrogens with zero attached hydrogens (tertiary/aromatic N) is 6. The number of aromatic nitrogens is 1. The summed E-state index contributed by atoms with van der Waals surface area (Å²) >= 11 is 0. The normalized spacial score (nSPS) is 23.8. The summed E-state index contributed by atoms with van der Waals surface area (Å²) in [5.41, 5.74) is 4.02. The molecule has 4 saturated heterocycles. The number of anilines is 2. The molecule has 1 aliphatic carbocycles. The molecule has 362 valence electrons. The lowest BCUT2D eigenvalue weighted by molar-refractivity contribution is -0.136. The van der Waals surface area contributed by atoms with E-state index in [1.54, 1.807) is 30.5 Å². The molecule has 1 unspecified atom stereocenters. The standard InChI is InChI=1S/C53H61FN8O7/c1-33(34-5-7-35(8-6-34)41-17-22-55-44-14-9-36(54)31-43(41)44)50(65)56-37-10-12-39(13-11-37)69-40-20-25-61(26-21-40)48(64)32-58-23-18-38(19-24-58)59-27-29-60(30-28-59)45-4-2-3-42-49(45)53(68)62(52(42)67)46-15-16-47(63)57-51(46)66/h2-4,9-14,17,22,31,33-35,38,40,46H,5-8,15-16,18-21,23-30,32H2,1H3,(H,56,65)(H,57,63,66)/t33-,34?,35?,46?/m1/s1. The maximum atomic E-state index is 14.1. The van der Waals surface area contributed by atoms with Gasteiger partial charge in [0.25, 0.3) is 11.8 Å². The first-order valence-corrected chi connectivity index (χ1v) is 24.9. The van der Waals surface area contributed by atoms with Crippen LogP contribution in [0, 0.1) is 17.7 Å². The number of fused-ring (bicyclic) bond motifs is 2. The number of ether oxygens (including phenoxy) is 1. The van der Waals surface area contributed by atoms with Gasteiger partial charge in [0.2, 0.25) is 23.6 Å². The van der Waals surface area contributed by atoms with Crippen LogP contribution >= 0.6 is 0 Å². The summed E-state index contributed by atoms with van der Waals surface area (Å²) < 4.78 is 20.4. The maximum Gasteiger partial charge on any atom is 0.264 e. The van der Waals surface area contributed by atoms with Crippen LogP contribution in [0.1, 0.15) is 103 Å². The van der Waals surface area contributed by atoms with Gasteiger partial charge in [0.1, 0.15) is 23.7 Å². The predicted octanol–water partition coefficient (Wildman–Crippen LogP) is 5.98. The molecule has 6 aliphatic rings. The molecule has 0 spiro atoms. The van der Waals surface area contributed by atoms with Gasteiger partial charge in [-0.2, -0.15) is 0 Å². The molecule has 5 aliphatic heterocycles. The van der Waals surface area contributed by atoms with E-state index >= 15 is 0 Å². The minimum Gasteiger partial charge on any atom is -0.490 e. The molecule has 1 aromatic heterocycles. The first-order valence-electron chi connectivity index (χ1n) is 24.9. The molecule has 3 aromatic carbocycles. The van der Waals surface area contributed by atoms with E-state index in [1.807, 2.05) is 48.2 Å². The summed E-state index contributed by atoms with van der Waals surface area (Å²) in [6.45, 7) is 8.42. The second kappa shape index (κ2) is 20.0. The smallest absolute Gasteiger partial charge is 0.264 e. The first kappa shape index (κ1) is 46.5. The van der Waals surface area contributed by atoms with Crippen LogP contribution in [0.15, 0.2) is 72.9 Å². The molecule has 0 radical (unpaired) electrons. The van der Waals surface area contributed by atoms with Crippen molar-refractivity contribution in [3.63, 3.8) is 0 Å².